The summed E-state index contributed by atoms with van der Waals surface area (Å²) in [5.74, 6) is 0. The van der Waals surface area contributed by atoms with Crippen molar-refractivity contribution in [2.24, 2.45) is 0 Å². The summed E-state index contributed by atoms with van der Waals surface area (Å²) in [5.41, 5.74) is 0. The molecule has 1 aliphatic carbocycles. The van der Waals surface area contributed by atoms with Crippen LogP contribution >= 0.6 is 0 Å². The van der Waals surface area contributed by atoms with E-state index in [2.05, 4.69) is 5.32 Å². The first-order valence-corrected chi connectivity index (χ1v) is 6.89. The highest BCUT2D eigenvalue weighted by molar-refractivity contribution is 4.80. The van der Waals surface area contributed by atoms with Gasteiger partial charge >= 0.3 is 0 Å². The summed E-state index contributed by atoms with van der Waals surface area (Å²) in [5, 5.41) is 13.3. The Morgan fingerprint density at radius 3 is 2.62 bits per heavy atom. The third-order valence-corrected chi connectivity index (χ3v) is 3.88. The molecular weight excluding hydrogens is 202 g/mol. The zero-order valence-electron chi connectivity index (χ0n) is 10.2. The maximum atomic E-state index is 9.81. The molecule has 2 rings (SSSR count). The lowest BCUT2D eigenvalue weighted by molar-refractivity contribution is 0.00933. The highest BCUT2D eigenvalue weighted by Gasteiger charge is 2.22. The Bertz CT molecular complexity index is 192. The van der Waals surface area contributed by atoms with E-state index in [1.54, 1.807) is 0 Å². The molecule has 94 valence electrons. The van der Waals surface area contributed by atoms with Crippen molar-refractivity contribution >= 4 is 0 Å². The summed E-state index contributed by atoms with van der Waals surface area (Å²) in [4.78, 5) is 0. The SMILES string of the molecule is O[C@H]1CCCC[C@@H]1NCCC1CCCCO1. The molecule has 0 amide bonds. The third kappa shape index (κ3) is 3.72. The van der Waals surface area contributed by atoms with Gasteiger partial charge < -0.3 is 15.2 Å². The number of rotatable bonds is 4. The number of aliphatic hydroxyl groups is 1. The Hall–Kier alpha value is -0.120. The van der Waals surface area contributed by atoms with Gasteiger partial charge in [0.1, 0.15) is 0 Å². The van der Waals surface area contributed by atoms with E-state index in [0.717, 1.165) is 32.4 Å². The van der Waals surface area contributed by atoms with Crippen molar-refractivity contribution in [2.45, 2.75) is 69.6 Å². The molecule has 2 N–H and O–H groups in total. The molecule has 0 aromatic heterocycles. The van der Waals surface area contributed by atoms with Gasteiger partial charge in [0.15, 0.2) is 0 Å². The molecule has 0 aromatic carbocycles. The highest BCUT2D eigenvalue weighted by Crippen LogP contribution is 2.19. The Labute approximate surface area is 98.6 Å². The van der Waals surface area contributed by atoms with Crippen molar-refractivity contribution in [2.75, 3.05) is 13.2 Å². The quantitative estimate of drug-likeness (QED) is 0.770. The minimum absolute atomic E-state index is 0.124. The lowest BCUT2D eigenvalue weighted by atomic mass is 9.92. The maximum absolute atomic E-state index is 9.81. The molecule has 1 saturated carbocycles. The van der Waals surface area contributed by atoms with Gasteiger partial charge in [0.25, 0.3) is 0 Å². The minimum Gasteiger partial charge on any atom is -0.392 e. The van der Waals surface area contributed by atoms with Gasteiger partial charge in [-0.05, 0) is 45.1 Å². The number of nitrogens with one attached hydrogen (secondary N) is 1. The Kier molecular flexibility index (Phi) is 5.07. The number of hydrogen-bond acceptors (Lipinski definition) is 3. The number of ether oxygens (including phenoxy) is 1. The molecule has 2 aliphatic rings. The largest absolute Gasteiger partial charge is 0.392 e. The van der Waals surface area contributed by atoms with Crippen LogP contribution in [0.25, 0.3) is 0 Å². The van der Waals surface area contributed by atoms with E-state index in [4.69, 9.17) is 4.74 Å². The number of hydrogen-bond donors (Lipinski definition) is 2. The van der Waals surface area contributed by atoms with Crippen LogP contribution in [0.2, 0.25) is 0 Å². The molecule has 3 atom stereocenters. The summed E-state index contributed by atoms with van der Waals surface area (Å²) in [6.07, 6.45) is 9.74. The molecule has 1 unspecified atom stereocenters. The van der Waals surface area contributed by atoms with Crippen LogP contribution in [-0.4, -0.2) is 36.5 Å². The molecule has 0 bridgehead atoms. The second-order valence-electron chi connectivity index (χ2n) is 5.19. The Balaban J connectivity index is 1.59. The summed E-state index contributed by atoms with van der Waals surface area (Å²) in [7, 11) is 0. The first-order valence-electron chi connectivity index (χ1n) is 6.89. The average Bonchev–Trinajstić information content (AvgIpc) is 2.33. The fourth-order valence-electron chi connectivity index (χ4n) is 2.81. The first-order chi connectivity index (χ1) is 7.86. The zero-order chi connectivity index (χ0) is 11.2. The monoisotopic (exact) mass is 227 g/mol. The van der Waals surface area contributed by atoms with Crippen LogP contribution in [0.4, 0.5) is 0 Å². The molecule has 3 heteroatoms. The van der Waals surface area contributed by atoms with E-state index in [9.17, 15) is 5.11 Å². The maximum Gasteiger partial charge on any atom is 0.0693 e. The van der Waals surface area contributed by atoms with Crippen LogP contribution in [0.3, 0.4) is 0 Å². The van der Waals surface area contributed by atoms with Gasteiger partial charge in [-0.3, -0.25) is 0 Å². The second kappa shape index (κ2) is 6.58. The second-order valence-corrected chi connectivity index (χ2v) is 5.19. The van der Waals surface area contributed by atoms with Crippen LogP contribution in [0.1, 0.15) is 51.4 Å². The molecular formula is C13H25NO2. The molecule has 2 fully saturated rings. The van der Waals surface area contributed by atoms with E-state index in [1.807, 2.05) is 0 Å². The van der Waals surface area contributed by atoms with E-state index < -0.39 is 0 Å². The molecule has 0 radical (unpaired) electrons. The summed E-state index contributed by atoms with van der Waals surface area (Å²) in [6, 6.07) is 0.331. The van der Waals surface area contributed by atoms with Gasteiger partial charge in [-0.2, -0.15) is 0 Å². The Morgan fingerprint density at radius 2 is 1.88 bits per heavy atom. The molecule has 0 aromatic rings. The van der Waals surface area contributed by atoms with Gasteiger partial charge in [0, 0.05) is 12.6 Å². The standard InChI is InChI=1S/C13H25NO2/c15-13-7-2-1-6-12(13)14-9-8-11-5-3-4-10-16-11/h11-15H,1-10H2/t11?,12-,13-/m0/s1. The van der Waals surface area contributed by atoms with Crippen LogP contribution in [0.15, 0.2) is 0 Å². The van der Waals surface area contributed by atoms with Crippen molar-refractivity contribution in [1.82, 2.24) is 5.32 Å². The molecule has 16 heavy (non-hydrogen) atoms. The topological polar surface area (TPSA) is 41.5 Å². The van der Waals surface area contributed by atoms with Crippen molar-refractivity contribution in [1.29, 1.82) is 0 Å². The third-order valence-electron chi connectivity index (χ3n) is 3.88. The Morgan fingerprint density at radius 1 is 1.06 bits per heavy atom. The van der Waals surface area contributed by atoms with Crippen LogP contribution < -0.4 is 5.32 Å². The van der Waals surface area contributed by atoms with E-state index in [0.29, 0.717) is 12.1 Å². The molecule has 1 saturated heterocycles. The molecule has 3 nitrogen and oxygen atoms in total. The van der Waals surface area contributed by atoms with Gasteiger partial charge in [0.2, 0.25) is 0 Å². The number of aliphatic hydroxyl groups excluding tert-OH is 1. The first kappa shape index (κ1) is 12.3. The zero-order valence-corrected chi connectivity index (χ0v) is 10.2. The summed E-state index contributed by atoms with van der Waals surface area (Å²) in [6.45, 7) is 1.93. The fourth-order valence-corrected chi connectivity index (χ4v) is 2.81. The van der Waals surface area contributed by atoms with E-state index in [1.165, 1.54) is 32.1 Å². The molecule has 1 aliphatic heterocycles. The minimum atomic E-state index is -0.124. The lowest BCUT2D eigenvalue weighted by Gasteiger charge is -2.29. The predicted octanol–water partition coefficient (Wildman–Crippen LogP) is 1.84. The van der Waals surface area contributed by atoms with E-state index >= 15 is 0 Å². The van der Waals surface area contributed by atoms with Gasteiger partial charge in [0.05, 0.1) is 12.2 Å². The predicted molar refractivity (Wildman–Crippen MR) is 64.5 cm³/mol. The van der Waals surface area contributed by atoms with Crippen LogP contribution in [-0.2, 0) is 4.74 Å². The van der Waals surface area contributed by atoms with Gasteiger partial charge in [-0.15, -0.1) is 0 Å². The summed E-state index contributed by atoms with van der Waals surface area (Å²) >= 11 is 0. The smallest absolute Gasteiger partial charge is 0.0693 e. The van der Waals surface area contributed by atoms with Crippen molar-refractivity contribution < 1.29 is 9.84 Å². The van der Waals surface area contributed by atoms with Gasteiger partial charge in [-0.25, -0.2) is 0 Å². The summed E-state index contributed by atoms with van der Waals surface area (Å²) < 4.78 is 5.69. The van der Waals surface area contributed by atoms with Gasteiger partial charge in [-0.1, -0.05) is 12.8 Å². The molecule has 0 spiro atoms. The van der Waals surface area contributed by atoms with Crippen molar-refractivity contribution in [3.05, 3.63) is 0 Å². The highest BCUT2D eigenvalue weighted by atomic mass is 16.5. The normalized spacial score (nSPS) is 36.2. The van der Waals surface area contributed by atoms with Crippen molar-refractivity contribution in [3.63, 3.8) is 0 Å². The van der Waals surface area contributed by atoms with E-state index in [-0.39, 0.29) is 6.10 Å². The van der Waals surface area contributed by atoms with Crippen LogP contribution in [0.5, 0.6) is 0 Å². The van der Waals surface area contributed by atoms with Crippen LogP contribution in [0, 0.1) is 0 Å². The lowest BCUT2D eigenvalue weighted by Crippen LogP contribution is -2.43. The average molecular weight is 227 g/mol. The fraction of sp³-hybridized carbons (Fsp3) is 1.00. The van der Waals surface area contributed by atoms with Crippen molar-refractivity contribution in [3.8, 4) is 0 Å². The molecule has 1 heterocycles.